The summed E-state index contributed by atoms with van der Waals surface area (Å²) >= 11 is 0. The number of hydrogen-bond donors (Lipinski definition) is 2. The van der Waals surface area contributed by atoms with E-state index in [4.69, 9.17) is 0 Å². The van der Waals surface area contributed by atoms with E-state index in [1.165, 1.54) is 10.9 Å². The Morgan fingerprint density at radius 3 is 2.70 bits per heavy atom. The molecule has 8 nitrogen and oxygen atoms in total. The number of aromatic nitrogens is 5. The Kier molecular flexibility index (Phi) is 4.72. The van der Waals surface area contributed by atoms with Crippen LogP contribution >= 0.6 is 0 Å². The predicted molar refractivity (Wildman–Crippen MR) is 87.0 cm³/mol. The zero-order valence-electron chi connectivity index (χ0n) is 14.3. The zero-order valence-corrected chi connectivity index (χ0v) is 14.3. The van der Waals surface area contributed by atoms with E-state index >= 15 is 0 Å². The molecule has 2 aromatic heterocycles. The standard InChI is InChI=1S/C15H24N6O2/c1-10(15(2,3)4)6-11-7-12(19-18-11)17-13(22)8-21-14(23)20(5)9-16-21/h7,9-10H,6,8H2,1-5H3,(H2,17,18,19,22)/t10-/m1/s1. The Morgan fingerprint density at radius 2 is 2.13 bits per heavy atom. The average Bonchev–Trinajstić information content (AvgIpc) is 2.99. The smallest absolute Gasteiger partial charge is 0.308 e. The summed E-state index contributed by atoms with van der Waals surface area (Å²) in [5.74, 6) is 0.585. The zero-order chi connectivity index (χ0) is 17.2. The molecule has 2 rings (SSSR count). The van der Waals surface area contributed by atoms with E-state index in [9.17, 15) is 9.59 Å². The van der Waals surface area contributed by atoms with Gasteiger partial charge in [-0.2, -0.15) is 10.2 Å². The van der Waals surface area contributed by atoms with Crippen LogP contribution in [0.15, 0.2) is 17.2 Å². The monoisotopic (exact) mass is 320 g/mol. The first kappa shape index (κ1) is 17.0. The summed E-state index contributed by atoms with van der Waals surface area (Å²) in [5, 5.41) is 13.5. The molecule has 0 spiro atoms. The third-order valence-electron chi connectivity index (χ3n) is 4.08. The molecule has 0 aliphatic heterocycles. The van der Waals surface area contributed by atoms with Gasteiger partial charge in [-0.15, -0.1) is 0 Å². The number of carbonyl (C=O) groups is 1. The van der Waals surface area contributed by atoms with E-state index in [1.54, 1.807) is 7.05 Å². The molecular weight excluding hydrogens is 296 g/mol. The number of H-pyrrole nitrogens is 1. The highest BCUT2D eigenvalue weighted by Gasteiger charge is 2.21. The largest absolute Gasteiger partial charge is 0.345 e. The summed E-state index contributed by atoms with van der Waals surface area (Å²) in [6.45, 7) is 8.64. The van der Waals surface area contributed by atoms with Gasteiger partial charge in [0.25, 0.3) is 0 Å². The van der Waals surface area contributed by atoms with Crippen LogP contribution in [-0.2, 0) is 24.8 Å². The van der Waals surface area contributed by atoms with E-state index in [1.807, 2.05) is 6.07 Å². The van der Waals surface area contributed by atoms with Gasteiger partial charge < -0.3 is 5.32 Å². The first-order valence-electron chi connectivity index (χ1n) is 7.59. The molecule has 0 radical (unpaired) electrons. The Morgan fingerprint density at radius 1 is 1.43 bits per heavy atom. The molecule has 0 saturated heterocycles. The Balaban J connectivity index is 1.95. The maximum absolute atomic E-state index is 12.0. The highest BCUT2D eigenvalue weighted by molar-refractivity contribution is 5.89. The predicted octanol–water partition coefficient (Wildman–Crippen LogP) is 1.17. The van der Waals surface area contributed by atoms with Gasteiger partial charge in [-0.25, -0.2) is 9.48 Å². The van der Waals surface area contributed by atoms with Crippen molar-refractivity contribution in [3.05, 3.63) is 28.6 Å². The van der Waals surface area contributed by atoms with E-state index in [-0.39, 0.29) is 23.6 Å². The number of hydrogen-bond acceptors (Lipinski definition) is 4. The molecule has 2 heterocycles. The Labute approximate surface area is 134 Å². The van der Waals surface area contributed by atoms with E-state index in [0.29, 0.717) is 11.7 Å². The SMILES string of the molecule is C[C@H](Cc1cc(NC(=O)Cn2ncn(C)c2=O)n[nH]1)C(C)(C)C. The highest BCUT2D eigenvalue weighted by atomic mass is 16.2. The van der Waals surface area contributed by atoms with Crippen LogP contribution in [0.4, 0.5) is 5.82 Å². The first-order chi connectivity index (χ1) is 10.7. The minimum absolute atomic E-state index is 0.139. The van der Waals surface area contributed by atoms with Crippen molar-refractivity contribution in [2.24, 2.45) is 18.4 Å². The van der Waals surface area contributed by atoms with Crippen LogP contribution in [0.2, 0.25) is 0 Å². The summed E-state index contributed by atoms with van der Waals surface area (Å²) in [6.07, 6.45) is 2.22. The molecule has 126 valence electrons. The number of amides is 1. The van der Waals surface area contributed by atoms with Crippen LogP contribution < -0.4 is 11.0 Å². The maximum atomic E-state index is 12.0. The lowest BCUT2D eigenvalue weighted by atomic mass is 9.79. The summed E-state index contributed by atoms with van der Waals surface area (Å²) in [6, 6.07) is 1.82. The normalized spacial score (nSPS) is 13.1. The number of nitrogens with one attached hydrogen (secondary N) is 2. The molecule has 1 atom stereocenters. The summed E-state index contributed by atoms with van der Waals surface area (Å²) < 4.78 is 2.42. The minimum atomic E-state index is -0.340. The van der Waals surface area contributed by atoms with Crippen molar-refractivity contribution in [2.45, 2.75) is 40.7 Å². The van der Waals surface area contributed by atoms with Crippen LogP contribution in [0.25, 0.3) is 0 Å². The van der Waals surface area contributed by atoms with Crippen molar-refractivity contribution in [1.29, 1.82) is 0 Å². The molecule has 8 heteroatoms. The fourth-order valence-corrected chi connectivity index (χ4v) is 2.01. The molecule has 0 bridgehead atoms. The van der Waals surface area contributed by atoms with Gasteiger partial charge >= 0.3 is 5.69 Å². The minimum Gasteiger partial charge on any atom is -0.308 e. The van der Waals surface area contributed by atoms with Crippen molar-refractivity contribution in [3.8, 4) is 0 Å². The van der Waals surface area contributed by atoms with E-state index < -0.39 is 0 Å². The van der Waals surface area contributed by atoms with Crippen LogP contribution in [0.3, 0.4) is 0 Å². The summed E-state index contributed by atoms with van der Waals surface area (Å²) in [4.78, 5) is 23.6. The topological polar surface area (TPSA) is 97.6 Å². The number of aromatic amines is 1. The fourth-order valence-electron chi connectivity index (χ4n) is 2.01. The quantitative estimate of drug-likeness (QED) is 0.864. The van der Waals surface area contributed by atoms with E-state index in [0.717, 1.165) is 16.8 Å². The molecule has 0 fully saturated rings. The van der Waals surface area contributed by atoms with Crippen LogP contribution in [-0.4, -0.2) is 30.5 Å². The number of aryl methyl sites for hydroxylation is 1. The molecule has 2 aromatic rings. The number of nitrogens with zero attached hydrogens (tertiary/aromatic N) is 4. The molecule has 0 aliphatic carbocycles. The van der Waals surface area contributed by atoms with Crippen molar-refractivity contribution in [2.75, 3.05) is 5.32 Å². The van der Waals surface area contributed by atoms with Crippen LogP contribution in [0, 0.1) is 11.3 Å². The van der Waals surface area contributed by atoms with Gasteiger partial charge in [0.2, 0.25) is 5.91 Å². The number of carbonyl (C=O) groups excluding carboxylic acids is 1. The van der Waals surface area contributed by atoms with Gasteiger partial charge in [0.1, 0.15) is 12.9 Å². The lowest BCUT2D eigenvalue weighted by Crippen LogP contribution is -2.29. The molecular formula is C15H24N6O2. The number of anilines is 1. The van der Waals surface area contributed by atoms with Gasteiger partial charge in [-0.1, -0.05) is 27.7 Å². The second kappa shape index (κ2) is 6.39. The molecule has 2 N–H and O–H groups in total. The van der Waals surface area contributed by atoms with Crippen molar-refractivity contribution in [1.82, 2.24) is 24.5 Å². The van der Waals surface area contributed by atoms with Crippen molar-refractivity contribution in [3.63, 3.8) is 0 Å². The van der Waals surface area contributed by atoms with Crippen LogP contribution in [0.5, 0.6) is 0 Å². The molecule has 0 unspecified atom stereocenters. The first-order valence-corrected chi connectivity index (χ1v) is 7.59. The third-order valence-corrected chi connectivity index (χ3v) is 4.08. The molecule has 23 heavy (non-hydrogen) atoms. The van der Waals surface area contributed by atoms with Gasteiger partial charge in [-0.3, -0.25) is 14.5 Å². The number of rotatable bonds is 5. The average molecular weight is 320 g/mol. The lowest BCUT2D eigenvalue weighted by molar-refractivity contribution is -0.117. The molecule has 0 aliphatic rings. The highest BCUT2D eigenvalue weighted by Crippen LogP contribution is 2.28. The van der Waals surface area contributed by atoms with Gasteiger partial charge in [-0.05, 0) is 17.8 Å². The molecule has 0 aromatic carbocycles. The second-order valence-corrected chi connectivity index (χ2v) is 6.98. The maximum Gasteiger partial charge on any atom is 0.345 e. The van der Waals surface area contributed by atoms with E-state index in [2.05, 4.69) is 48.3 Å². The summed E-state index contributed by atoms with van der Waals surface area (Å²) in [5.41, 5.74) is 0.842. The van der Waals surface area contributed by atoms with Crippen molar-refractivity contribution >= 4 is 11.7 Å². The van der Waals surface area contributed by atoms with Crippen LogP contribution in [0.1, 0.15) is 33.4 Å². The van der Waals surface area contributed by atoms with Gasteiger partial charge in [0.05, 0.1) is 0 Å². The second-order valence-electron chi connectivity index (χ2n) is 6.98. The Hall–Kier alpha value is -2.38. The molecule has 0 saturated carbocycles. The van der Waals surface area contributed by atoms with Crippen molar-refractivity contribution < 1.29 is 4.79 Å². The fraction of sp³-hybridized carbons (Fsp3) is 0.600. The lowest BCUT2D eigenvalue weighted by Gasteiger charge is -2.26. The van der Waals surface area contributed by atoms with Gasteiger partial charge in [0.15, 0.2) is 5.82 Å². The van der Waals surface area contributed by atoms with Gasteiger partial charge in [0, 0.05) is 18.8 Å². The summed E-state index contributed by atoms with van der Waals surface area (Å²) in [7, 11) is 1.58. The molecule has 1 amide bonds. The Bertz CT molecular complexity index is 734. The third kappa shape index (κ3) is 4.30.